The molecule has 154 valence electrons. The first-order chi connectivity index (χ1) is 14.0. The summed E-state index contributed by atoms with van der Waals surface area (Å²) in [7, 11) is 0. The molecule has 2 aromatic carbocycles. The minimum absolute atomic E-state index is 0.132. The van der Waals surface area contributed by atoms with Crippen LogP contribution in [0.1, 0.15) is 42.4 Å². The van der Waals surface area contributed by atoms with Crippen molar-refractivity contribution in [1.82, 2.24) is 5.32 Å². The van der Waals surface area contributed by atoms with E-state index in [0.29, 0.717) is 25.8 Å². The summed E-state index contributed by atoms with van der Waals surface area (Å²) in [6, 6.07) is 13.9. The molecular formula is C24H29NO4. The van der Waals surface area contributed by atoms with E-state index in [-0.39, 0.29) is 5.91 Å². The van der Waals surface area contributed by atoms with Crippen LogP contribution < -0.4 is 10.1 Å². The van der Waals surface area contributed by atoms with E-state index in [2.05, 4.69) is 5.32 Å². The summed E-state index contributed by atoms with van der Waals surface area (Å²) in [6.45, 7) is 4.56. The van der Waals surface area contributed by atoms with Crippen molar-refractivity contribution in [3.05, 3.63) is 59.2 Å². The van der Waals surface area contributed by atoms with Crippen LogP contribution in [0.5, 0.6) is 11.5 Å². The van der Waals surface area contributed by atoms with E-state index in [1.165, 1.54) is 0 Å². The lowest BCUT2D eigenvalue weighted by Gasteiger charge is -2.27. The van der Waals surface area contributed by atoms with Crippen molar-refractivity contribution in [2.45, 2.75) is 46.0 Å². The zero-order chi connectivity index (χ0) is 20.8. The van der Waals surface area contributed by atoms with E-state index in [4.69, 9.17) is 4.74 Å². The predicted molar refractivity (Wildman–Crippen MR) is 112 cm³/mol. The molecule has 0 saturated heterocycles. The Balaban J connectivity index is 1.51. The molecule has 2 atom stereocenters. The number of nitrogens with one attached hydrogen (secondary N) is 1. The zero-order valence-electron chi connectivity index (χ0n) is 17.1. The Kier molecular flexibility index (Phi) is 6.91. The molecule has 0 heterocycles. The number of carboxylic acids is 1. The number of rotatable bonds is 7. The SMILES string of the molecule is Cc1cccc(C)c1Oc1ccc(CCNC(=O)C2CCCCC2C(=O)O)cc1. The van der Waals surface area contributed by atoms with E-state index in [0.717, 1.165) is 41.0 Å². The summed E-state index contributed by atoms with van der Waals surface area (Å²) in [5.41, 5.74) is 3.29. The topological polar surface area (TPSA) is 75.6 Å². The molecule has 0 bridgehead atoms. The number of hydrogen-bond acceptors (Lipinski definition) is 3. The van der Waals surface area contributed by atoms with Crippen molar-refractivity contribution >= 4 is 11.9 Å². The second-order valence-electron chi connectivity index (χ2n) is 7.84. The molecule has 5 nitrogen and oxygen atoms in total. The Morgan fingerprint density at radius 3 is 2.24 bits per heavy atom. The van der Waals surface area contributed by atoms with E-state index >= 15 is 0 Å². The van der Waals surface area contributed by atoms with Gasteiger partial charge in [-0.15, -0.1) is 0 Å². The summed E-state index contributed by atoms with van der Waals surface area (Å²) < 4.78 is 6.03. The maximum atomic E-state index is 12.4. The standard InChI is InChI=1S/C24H29NO4/c1-16-6-5-7-17(2)22(16)29-19-12-10-18(11-13-19)14-15-25-23(26)20-8-3-4-9-21(20)24(27)28/h5-7,10-13,20-21H,3-4,8-9,14-15H2,1-2H3,(H,25,26)(H,27,28). The number of ether oxygens (including phenoxy) is 1. The quantitative estimate of drug-likeness (QED) is 0.716. The van der Waals surface area contributed by atoms with Crippen LogP contribution in [0.25, 0.3) is 0 Å². The number of benzene rings is 2. The normalized spacial score (nSPS) is 18.8. The Bertz CT molecular complexity index is 839. The van der Waals surface area contributed by atoms with Crippen LogP contribution in [-0.2, 0) is 16.0 Å². The smallest absolute Gasteiger partial charge is 0.307 e. The van der Waals surface area contributed by atoms with E-state index in [1.807, 2.05) is 56.3 Å². The van der Waals surface area contributed by atoms with Gasteiger partial charge in [-0.25, -0.2) is 0 Å². The highest BCUT2D eigenvalue weighted by molar-refractivity contribution is 5.84. The molecule has 0 spiro atoms. The fourth-order valence-corrected chi connectivity index (χ4v) is 4.00. The van der Waals surface area contributed by atoms with Crippen molar-refractivity contribution in [2.75, 3.05) is 6.54 Å². The molecule has 1 aliphatic carbocycles. The van der Waals surface area contributed by atoms with Crippen LogP contribution in [-0.4, -0.2) is 23.5 Å². The minimum atomic E-state index is -0.857. The average Bonchev–Trinajstić information content (AvgIpc) is 2.72. The molecule has 0 aliphatic heterocycles. The largest absolute Gasteiger partial charge is 0.481 e. The maximum absolute atomic E-state index is 12.4. The fraction of sp³-hybridized carbons (Fsp3) is 0.417. The molecular weight excluding hydrogens is 366 g/mol. The Morgan fingerprint density at radius 1 is 1.00 bits per heavy atom. The molecule has 0 radical (unpaired) electrons. The number of aryl methyl sites for hydroxylation is 2. The van der Waals surface area contributed by atoms with Crippen molar-refractivity contribution < 1.29 is 19.4 Å². The molecule has 29 heavy (non-hydrogen) atoms. The minimum Gasteiger partial charge on any atom is -0.481 e. The number of para-hydroxylation sites is 1. The van der Waals surface area contributed by atoms with Crippen LogP contribution >= 0.6 is 0 Å². The highest BCUT2D eigenvalue weighted by Crippen LogP contribution is 2.31. The van der Waals surface area contributed by atoms with Gasteiger partial charge in [0.2, 0.25) is 5.91 Å². The van der Waals surface area contributed by atoms with Crippen molar-refractivity contribution in [3.8, 4) is 11.5 Å². The van der Waals surface area contributed by atoms with Gasteiger partial charge in [-0.1, -0.05) is 43.2 Å². The van der Waals surface area contributed by atoms with Crippen LogP contribution in [0.15, 0.2) is 42.5 Å². The number of amides is 1. The summed E-state index contributed by atoms with van der Waals surface area (Å²) >= 11 is 0. The van der Waals surface area contributed by atoms with Crippen LogP contribution in [0, 0.1) is 25.7 Å². The Labute approximate surface area is 172 Å². The molecule has 3 rings (SSSR count). The molecule has 1 fully saturated rings. The fourth-order valence-electron chi connectivity index (χ4n) is 4.00. The number of hydrogen-bond donors (Lipinski definition) is 2. The van der Waals surface area contributed by atoms with Gasteiger partial charge in [-0.05, 0) is 61.9 Å². The summed E-state index contributed by atoms with van der Waals surface area (Å²) in [5.74, 6) is -0.287. The number of carbonyl (C=O) groups is 2. The summed E-state index contributed by atoms with van der Waals surface area (Å²) in [4.78, 5) is 23.8. The van der Waals surface area contributed by atoms with Gasteiger partial charge in [0.25, 0.3) is 0 Å². The van der Waals surface area contributed by atoms with Gasteiger partial charge in [0.1, 0.15) is 11.5 Å². The third-order valence-corrected chi connectivity index (χ3v) is 5.68. The molecule has 2 N–H and O–H groups in total. The molecule has 5 heteroatoms. The van der Waals surface area contributed by atoms with E-state index < -0.39 is 17.8 Å². The lowest BCUT2D eigenvalue weighted by atomic mass is 9.78. The number of carboxylic acid groups (broad SMARTS) is 1. The van der Waals surface area contributed by atoms with Crippen molar-refractivity contribution in [3.63, 3.8) is 0 Å². The maximum Gasteiger partial charge on any atom is 0.307 e. The molecule has 1 amide bonds. The van der Waals surface area contributed by atoms with Gasteiger partial charge in [-0.3, -0.25) is 9.59 Å². The second kappa shape index (κ2) is 9.59. The van der Waals surface area contributed by atoms with Crippen molar-refractivity contribution in [2.24, 2.45) is 11.8 Å². The molecule has 2 unspecified atom stereocenters. The van der Waals surface area contributed by atoms with Gasteiger partial charge in [0.15, 0.2) is 0 Å². The lowest BCUT2D eigenvalue weighted by Crippen LogP contribution is -2.40. The Hall–Kier alpha value is -2.82. The summed E-state index contributed by atoms with van der Waals surface area (Å²) in [6.07, 6.45) is 3.75. The number of aliphatic carboxylic acids is 1. The van der Waals surface area contributed by atoms with Crippen LogP contribution in [0.3, 0.4) is 0 Å². The highest BCUT2D eigenvalue weighted by Gasteiger charge is 2.35. The molecule has 2 aromatic rings. The zero-order valence-corrected chi connectivity index (χ0v) is 17.1. The first-order valence-electron chi connectivity index (χ1n) is 10.3. The van der Waals surface area contributed by atoms with E-state index in [1.54, 1.807) is 0 Å². The molecule has 1 saturated carbocycles. The monoisotopic (exact) mass is 395 g/mol. The van der Waals surface area contributed by atoms with E-state index in [9.17, 15) is 14.7 Å². The first-order valence-corrected chi connectivity index (χ1v) is 10.3. The van der Waals surface area contributed by atoms with Gasteiger partial charge in [0, 0.05) is 6.54 Å². The Morgan fingerprint density at radius 2 is 1.62 bits per heavy atom. The third-order valence-electron chi connectivity index (χ3n) is 5.68. The lowest BCUT2D eigenvalue weighted by molar-refractivity contribution is -0.148. The van der Waals surface area contributed by atoms with Crippen molar-refractivity contribution in [1.29, 1.82) is 0 Å². The van der Waals surface area contributed by atoms with Crippen LogP contribution in [0.2, 0.25) is 0 Å². The van der Waals surface area contributed by atoms with Gasteiger partial charge in [0.05, 0.1) is 11.8 Å². The van der Waals surface area contributed by atoms with Gasteiger partial charge < -0.3 is 15.2 Å². The average molecular weight is 395 g/mol. The third kappa shape index (κ3) is 5.37. The second-order valence-corrected chi connectivity index (χ2v) is 7.84. The number of carbonyl (C=O) groups excluding carboxylic acids is 1. The molecule has 1 aliphatic rings. The predicted octanol–water partition coefficient (Wildman–Crippen LogP) is 4.65. The van der Waals surface area contributed by atoms with Gasteiger partial charge in [-0.2, -0.15) is 0 Å². The highest BCUT2D eigenvalue weighted by atomic mass is 16.5. The van der Waals surface area contributed by atoms with Crippen LogP contribution in [0.4, 0.5) is 0 Å². The van der Waals surface area contributed by atoms with Gasteiger partial charge >= 0.3 is 5.97 Å². The first kappa shape index (κ1) is 20.9. The molecule has 0 aromatic heterocycles. The summed E-state index contributed by atoms with van der Waals surface area (Å²) in [5, 5.41) is 12.3.